The summed E-state index contributed by atoms with van der Waals surface area (Å²) >= 11 is 0. The summed E-state index contributed by atoms with van der Waals surface area (Å²) in [6.45, 7) is -0.484. The molecule has 0 rings (SSSR count). The van der Waals surface area contributed by atoms with Gasteiger partial charge in [0.05, 0.1) is 6.61 Å². The molecule has 0 spiro atoms. The van der Waals surface area contributed by atoms with Crippen molar-refractivity contribution in [3.05, 3.63) is 0 Å². The van der Waals surface area contributed by atoms with Gasteiger partial charge in [-0.05, 0) is 6.92 Å². The van der Waals surface area contributed by atoms with Crippen molar-refractivity contribution in [3.8, 4) is 0 Å². The van der Waals surface area contributed by atoms with Crippen molar-refractivity contribution < 1.29 is 25.2 Å². The van der Waals surface area contributed by atoms with Gasteiger partial charge >= 0.3 is 0 Å². The molecule has 0 aliphatic rings. The van der Waals surface area contributed by atoms with E-state index in [0.29, 0.717) is 0 Å². The highest BCUT2D eigenvalue weighted by Crippen LogP contribution is 2.08. The van der Waals surface area contributed by atoms with Crippen molar-refractivity contribution in [3.63, 3.8) is 0 Å². The zero-order valence-corrected chi connectivity index (χ0v) is 6.19. The number of carbonyl (C=O) groups excluding carboxylic acids is 1. The Morgan fingerprint density at radius 2 is 2.00 bits per heavy atom. The number of rotatable bonds is 4. The van der Waals surface area contributed by atoms with E-state index in [0.717, 1.165) is 6.92 Å². The van der Waals surface area contributed by atoms with Gasteiger partial charge in [-0.3, -0.25) is 4.79 Å². The first-order chi connectivity index (χ1) is 4.95. The molecule has 11 heavy (non-hydrogen) atoms. The van der Waals surface area contributed by atoms with Crippen LogP contribution in [0.2, 0.25) is 0 Å². The SMILES string of the molecule is C[C@](O)(CO)[C@H](O)C(=O)CO. The van der Waals surface area contributed by atoms with Crippen molar-refractivity contribution in [2.24, 2.45) is 0 Å². The minimum absolute atomic E-state index is 0.736. The van der Waals surface area contributed by atoms with Crippen molar-refractivity contribution in [1.82, 2.24) is 0 Å². The van der Waals surface area contributed by atoms with Crippen LogP contribution in [-0.4, -0.2) is 51.1 Å². The molecular formula is C6H12O5. The van der Waals surface area contributed by atoms with Gasteiger partial charge in [-0.15, -0.1) is 0 Å². The molecule has 5 nitrogen and oxygen atoms in total. The molecule has 66 valence electrons. The first-order valence-corrected chi connectivity index (χ1v) is 3.10. The molecular weight excluding hydrogens is 152 g/mol. The third-order valence-electron chi connectivity index (χ3n) is 1.37. The van der Waals surface area contributed by atoms with Crippen LogP contribution in [0.3, 0.4) is 0 Å². The molecule has 0 aliphatic heterocycles. The second kappa shape index (κ2) is 3.77. The molecule has 0 amide bonds. The lowest BCUT2D eigenvalue weighted by Gasteiger charge is -2.24. The van der Waals surface area contributed by atoms with E-state index >= 15 is 0 Å². The van der Waals surface area contributed by atoms with E-state index in [2.05, 4.69) is 0 Å². The lowest BCUT2D eigenvalue weighted by atomic mass is 9.97. The summed E-state index contributed by atoms with van der Waals surface area (Å²) in [6.07, 6.45) is -1.74. The number of hydrogen-bond donors (Lipinski definition) is 4. The lowest BCUT2D eigenvalue weighted by molar-refractivity contribution is -0.149. The molecule has 5 heteroatoms. The van der Waals surface area contributed by atoms with Gasteiger partial charge < -0.3 is 20.4 Å². The van der Waals surface area contributed by atoms with Crippen LogP contribution in [0.15, 0.2) is 0 Å². The summed E-state index contributed by atoms with van der Waals surface area (Å²) in [5.41, 5.74) is -1.88. The van der Waals surface area contributed by atoms with E-state index < -0.39 is 30.7 Å². The fourth-order valence-electron chi connectivity index (χ4n) is 0.520. The van der Waals surface area contributed by atoms with Crippen LogP contribution in [0.1, 0.15) is 6.92 Å². The van der Waals surface area contributed by atoms with Crippen molar-refractivity contribution in [2.45, 2.75) is 18.6 Å². The minimum atomic E-state index is -1.88. The van der Waals surface area contributed by atoms with E-state index in [9.17, 15) is 4.79 Å². The molecule has 0 radical (unpaired) electrons. The van der Waals surface area contributed by atoms with E-state index in [1.807, 2.05) is 0 Å². The number of hydrogen-bond acceptors (Lipinski definition) is 5. The van der Waals surface area contributed by atoms with Gasteiger partial charge in [0.1, 0.15) is 18.3 Å². The molecule has 0 aromatic heterocycles. The summed E-state index contributed by atoms with van der Waals surface area (Å²) in [7, 11) is 0. The van der Waals surface area contributed by atoms with Gasteiger partial charge in [-0.25, -0.2) is 0 Å². The Morgan fingerprint density at radius 3 is 2.27 bits per heavy atom. The monoisotopic (exact) mass is 164 g/mol. The molecule has 0 aromatic carbocycles. The Kier molecular flexibility index (Phi) is 3.61. The Hall–Kier alpha value is -0.490. The number of aliphatic hydroxyl groups is 4. The van der Waals surface area contributed by atoms with Gasteiger partial charge in [-0.1, -0.05) is 0 Å². The Bertz CT molecular complexity index is 142. The van der Waals surface area contributed by atoms with Gasteiger partial charge in [0.15, 0.2) is 5.78 Å². The van der Waals surface area contributed by atoms with E-state index in [4.69, 9.17) is 20.4 Å². The number of ketones is 1. The first kappa shape index (κ1) is 10.5. The fourth-order valence-corrected chi connectivity index (χ4v) is 0.520. The molecule has 0 heterocycles. The smallest absolute Gasteiger partial charge is 0.189 e. The number of Topliss-reactive ketones (excluding diaryl/α,β-unsaturated/α-hetero) is 1. The summed E-state index contributed by atoms with van der Waals surface area (Å²) in [4.78, 5) is 10.5. The summed E-state index contributed by atoms with van der Waals surface area (Å²) in [6, 6.07) is 0. The normalized spacial score (nSPS) is 19.0. The molecule has 4 N–H and O–H groups in total. The maximum Gasteiger partial charge on any atom is 0.189 e. The zero-order chi connectivity index (χ0) is 9.07. The van der Waals surface area contributed by atoms with Crippen molar-refractivity contribution in [2.75, 3.05) is 13.2 Å². The Morgan fingerprint density at radius 1 is 1.55 bits per heavy atom. The van der Waals surface area contributed by atoms with Gasteiger partial charge in [0, 0.05) is 0 Å². The average molecular weight is 164 g/mol. The Balaban J connectivity index is 4.22. The maximum atomic E-state index is 10.5. The largest absolute Gasteiger partial charge is 0.393 e. The fraction of sp³-hybridized carbons (Fsp3) is 0.833. The molecule has 0 aromatic rings. The van der Waals surface area contributed by atoms with Crippen LogP contribution >= 0.6 is 0 Å². The van der Waals surface area contributed by atoms with Crippen LogP contribution < -0.4 is 0 Å². The molecule has 0 saturated carbocycles. The second-order valence-electron chi connectivity index (χ2n) is 2.54. The van der Waals surface area contributed by atoms with Gasteiger partial charge in [-0.2, -0.15) is 0 Å². The van der Waals surface area contributed by atoms with Gasteiger partial charge in [0.25, 0.3) is 0 Å². The standard InChI is InChI=1S/C6H12O5/c1-6(11,3-8)5(10)4(9)2-7/h5,7-8,10-11H,2-3H2,1H3/t5-,6+/m1/s1. The van der Waals surface area contributed by atoms with Crippen LogP contribution in [0.4, 0.5) is 0 Å². The van der Waals surface area contributed by atoms with Gasteiger partial charge in [0.2, 0.25) is 0 Å². The highest BCUT2D eigenvalue weighted by Gasteiger charge is 2.34. The molecule has 0 fully saturated rings. The highest BCUT2D eigenvalue weighted by atomic mass is 16.4. The second-order valence-corrected chi connectivity index (χ2v) is 2.54. The topological polar surface area (TPSA) is 98.0 Å². The lowest BCUT2D eigenvalue weighted by Crippen LogP contribution is -2.48. The van der Waals surface area contributed by atoms with Crippen molar-refractivity contribution in [1.29, 1.82) is 0 Å². The predicted molar refractivity (Wildman–Crippen MR) is 35.8 cm³/mol. The summed E-state index contributed by atoms with van der Waals surface area (Å²) in [5.74, 6) is -0.913. The molecule has 0 saturated heterocycles. The predicted octanol–water partition coefficient (Wildman–Crippen LogP) is -2.35. The molecule has 0 bridgehead atoms. The molecule has 0 unspecified atom stereocenters. The van der Waals surface area contributed by atoms with Crippen LogP contribution in [0.5, 0.6) is 0 Å². The molecule has 2 atom stereocenters. The van der Waals surface area contributed by atoms with Crippen LogP contribution in [0.25, 0.3) is 0 Å². The third kappa shape index (κ3) is 2.55. The number of aliphatic hydroxyl groups excluding tert-OH is 3. The number of carbonyl (C=O) groups is 1. The first-order valence-electron chi connectivity index (χ1n) is 3.10. The maximum absolute atomic E-state index is 10.5. The minimum Gasteiger partial charge on any atom is -0.393 e. The summed E-state index contributed by atoms with van der Waals surface area (Å²) < 4.78 is 0. The highest BCUT2D eigenvalue weighted by molar-refractivity contribution is 5.84. The van der Waals surface area contributed by atoms with E-state index in [-0.39, 0.29) is 0 Å². The third-order valence-corrected chi connectivity index (χ3v) is 1.37. The quantitative estimate of drug-likeness (QED) is 0.373. The average Bonchev–Trinajstić information content (AvgIpc) is 2.01. The summed E-state index contributed by atoms with van der Waals surface area (Å²) in [5, 5.41) is 34.7. The van der Waals surface area contributed by atoms with Crippen LogP contribution in [-0.2, 0) is 4.79 Å². The van der Waals surface area contributed by atoms with Crippen LogP contribution in [0, 0.1) is 0 Å². The molecule has 0 aliphatic carbocycles. The Labute approximate surface area is 63.9 Å². The van der Waals surface area contributed by atoms with E-state index in [1.54, 1.807) is 0 Å². The zero-order valence-electron chi connectivity index (χ0n) is 6.19. The van der Waals surface area contributed by atoms with E-state index in [1.165, 1.54) is 0 Å². The van der Waals surface area contributed by atoms with Crippen molar-refractivity contribution >= 4 is 5.78 Å².